The summed E-state index contributed by atoms with van der Waals surface area (Å²) in [5.41, 5.74) is 0. The molecule has 1 amide bonds. The van der Waals surface area contributed by atoms with Crippen LogP contribution in [0.15, 0.2) is 29.2 Å². The molecule has 178 valence electrons. The minimum Gasteiger partial charge on any atom is -0.481 e. The summed E-state index contributed by atoms with van der Waals surface area (Å²) < 4.78 is 39.0. The number of rotatable bonds is 10. The highest BCUT2D eigenvalue weighted by Gasteiger charge is 2.40. The van der Waals surface area contributed by atoms with E-state index in [0.717, 1.165) is 4.31 Å². The normalized spacial score (nSPS) is 15.8. The zero-order chi connectivity index (χ0) is 23.7. The molecule has 1 aliphatic rings. The molecule has 11 heteroatoms. The first-order valence-electron chi connectivity index (χ1n) is 10.3. The number of hydrogen-bond acceptors (Lipinski definition) is 7. The summed E-state index contributed by atoms with van der Waals surface area (Å²) in [6, 6.07) is 4.74. The number of carbonyl (C=O) groups excluding carboxylic acids is 1. The highest BCUT2D eigenvalue weighted by Crippen LogP contribution is 2.25. The van der Waals surface area contributed by atoms with Crippen molar-refractivity contribution in [3.63, 3.8) is 0 Å². The van der Waals surface area contributed by atoms with Crippen molar-refractivity contribution in [2.24, 2.45) is 5.92 Å². The molecule has 1 fully saturated rings. The van der Waals surface area contributed by atoms with E-state index >= 15 is 0 Å². The number of hydroxylamine groups is 1. The van der Waals surface area contributed by atoms with Crippen LogP contribution in [-0.2, 0) is 19.6 Å². The molecule has 0 radical (unpaired) electrons. The van der Waals surface area contributed by atoms with Gasteiger partial charge in [0.15, 0.2) is 0 Å². The molecule has 0 aliphatic carbocycles. The Labute approximate surface area is 194 Å². The number of nitrogens with zero attached hydrogens (tertiary/aromatic N) is 3. The molecule has 1 unspecified atom stereocenters. The average molecular weight is 488 g/mol. The second kappa shape index (κ2) is 12.4. The van der Waals surface area contributed by atoms with Crippen molar-refractivity contribution in [2.45, 2.75) is 31.7 Å². The first-order valence-corrected chi connectivity index (χ1v) is 12.1. The number of halogens is 1. The molecule has 0 saturated carbocycles. The van der Waals surface area contributed by atoms with Crippen molar-refractivity contribution in [1.82, 2.24) is 13.8 Å². The molecule has 1 aromatic carbocycles. The molecular formula is C21H30ClN3O6S. The summed E-state index contributed by atoms with van der Waals surface area (Å²) >= 11 is 5.50. The molecule has 0 aromatic heterocycles. The SMILES string of the molecule is CC#CCOc1ccc(S(=O)(=O)N(CCN2CCOCC2)C(C(=O)N(O)Cl)C(C)C)cc1. The number of amides is 1. The maximum absolute atomic E-state index is 13.6. The standard InChI is InChI=1S/C21H30ClN3O6S/c1-4-5-14-31-18-6-8-19(9-7-18)32(28,29)24(11-10-23-12-15-30-16-13-23)20(17(2)3)21(26)25(22)27/h6-9,17,20,27H,10-16H2,1-3H3. The number of hydrogen-bond donors (Lipinski definition) is 1. The Balaban J connectivity index is 2.34. The predicted octanol–water partition coefficient (Wildman–Crippen LogP) is 1.81. The molecule has 0 bridgehead atoms. The molecule has 1 N–H and O–H groups in total. The van der Waals surface area contributed by atoms with Crippen LogP contribution in [-0.4, -0.2) is 85.4 Å². The van der Waals surface area contributed by atoms with E-state index in [1.807, 2.05) is 0 Å². The predicted molar refractivity (Wildman–Crippen MR) is 120 cm³/mol. The van der Waals surface area contributed by atoms with Crippen LogP contribution in [0, 0.1) is 17.8 Å². The molecule has 1 atom stereocenters. The third kappa shape index (κ3) is 7.07. The van der Waals surface area contributed by atoms with Gasteiger partial charge in [-0.25, -0.2) is 8.42 Å². The van der Waals surface area contributed by atoms with Gasteiger partial charge in [0.2, 0.25) is 10.0 Å². The lowest BCUT2D eigenvalue weighted by molar-refractivity contribution is -0.152. The maximum atomic E-state index is 13.6. The van der Waals surface area contributed by atoms with E-state index in [4.69, 9.17) is 21.3 Å². The van der Waals surface area contributed by atoms with Gasteiger partial charge in [-0.1, -0.05) is 19.8 Å². The monoisotopic (exact) mass is 487 g/mol. The lowest BCUT2D eigenvalue weighted by Gasteiger charge is -2.35. The number of ether oxygens (including phenoxy) is 2. The minimum absolute atomic E-state index is 0.00548. The molecule has 0 spiro atoms. The molecule has 1 heterocycles. The summed E-state index contributed by atoms with van der Waals surface area (Å²) in [6.07, 6.45) is 0. The van der Waals surface area contributed by atoms with Crippen molar-refractivity contribution in [2.75, 3.05) is 46.0 Å². The van der Waals surface area contributed by atoms with Gasteiger partial charge in [-0.15, -0.1) is 10.5 Å². The Morgan fingerprint density at radius 3 is 2.44 bits per heavy atom. The number of sulfonamides is 1. The van der Waals surface area contributed by atoms with E-state index in [0.29, 0.717) is 38.6 Å². The van der Waals surface area contributed by atoms with Gasteiger partial charge in [0.05, 0.1) is 18.1 Å². The quantitative estimate of drug-likeness (QED) is 0.232. The summed E-state index contributed by atoms with van der Waals surface area (Å²) in [5.74, 6) is 4.61. The van der Waals surface area contributed by atoms with Crippen LogP contribution in [0.5, 0.6) is 5.75 Å². The van der Waals surface area contributed by atoms with Gasteiger partial charge >= 0.3 is 0 Å². The molecule has 9 nitrogen and oxygen atoms in total. The Kier molecular flexibility index (Phi) is 10.2. The third-order valence-corrected chi connectivity index (χ3v) is 7.10. The van der Waals surface area contributed by atoms with E-state index in [-0.39, 0.29) is 22.6 Å². The van der Waals surface area contributed by atoms with Gasteiger partial charge in [0.25, 0.3) is 5.91 Å². The van der Waals surface area contributed by atoms with Crippen molar-refractivity contribution in [1.29, 1.82) is 0 Å². The fourth-order valence-electron chi connectivity index (χ4n) is 3.36. The van der Waals surface area contributed by atoms with Crippen LogP contribution in [0.1, 0.15) is 20.8 Å². The molecular weight excluding hydrogens is 458 g/mol. The van der Waals surface area contributed by atoms with Crippen molar-refractivity contribution >= 4 is 27.7 Å². The minimum atomic E-state index is -4.09. The van der Waals surface area contributed by atoms with Crippen LogP contribution in [0.3, 0.4) is 0 Å². The van der Waals surface area contributed by atoms with Gasteiger partial charge in [0, 0.05) is 38.0 Å². The molecule has 2 rings (SSSR count). The van der Waals surface area contributed by atoms with Gasteiger partial charge in [-0.2, -0.15) is 4.31 Å². The molecule has 32 heavy (non-hydrogen) atoms. The van der Waals surface area contributed by atoms with Crippen LogP contribution >= 0.6 is 11.8 Å². The molecule has 1 saturated heterocycles. The molecule has 1 aliphatic heterocycles. The Morgan fingerprint density at radius 1 is 1.28 bits per heavy atom. The lowest BCUT2D eigenvalue weighted by Crippen LogP contribution is -2.53. The average Bonchev–Trinajstić information content (AvgIpc) is 2.77. The summed E-state index contributed by atoms with van der Waals surface area (Å²) in [5, 5.41) is 9.55. The largest absolute Gasteiger partial charge is 0.481 e. The Morgan fingerprint density at radius 2 is 1.91 bits per heavy atom. The zero-order valence-electron chi connectivity index (χ0n) is 18.5. The summed E-state index contributed by atoms with van der Waals surface area (Å²) in [4.78, 5) is 14.7. The van der Waals surface area contributed by atoms with E-state index in [1.165, 1.54) is 24.3 Å². The fourth-order valence-corrected chi connectivity index (χ4v) is 5.16. The Hall–Kier alpha value is -1.87. The van der Waals surface area contributed by atoms with Crippen LogP contribution in [0.2, 0.25) is 0 Å². The maximum Gasteiger partial charge on any atom is 0.280 e. The Bertz CT molecular complexity index is 906. The van der Waals surface area contributed by atoms with Crippen LogP contribution in [0.25, 0.3) is 0 Å². The van der Waals surface area contributed by atoms with E-state index in [2.05, 4.69) is 16.7 Å². The van der Waals surface area contributed by atoms with Crippen LogP contribution in [0.4, 0.5) is 0 Å². The second-order valence-electron chi connectivity index (χ2n) is 7.54. The highest BCUT2D eigenvalue weighted by molar-refractivity contribution is 7.89. The lowest BCUT2D eigenvalue weighted by atomic mass is 10.0. The fraction of sp³-hybridized carbons (Fsp3) is 0.571. The summed E-state index contributed by atoms with van der Waals surface area (Å²) in [6.45, 7) is 8.22. The first-order chi connectivity index (χ1) is 15.2. The van der Waals surface area contributed by atoms with Crippen LogP contribution < -0.4 is 4.74 Å². The zero-order valence-corrected chi connectivity index (χ0v) is 20.1. The summed E-state index contributed by atoms with van der Waals surface area (Å²) in [7, 11) is -4.09. The molecule has 1 aromatic rings. The highest BCUT2D eigenvalue weighted by atomic mass is 35.5. The van der Waals surface area contributed by atoms with Crippen molar-refractivity contribution < 1.29 is 27.9 Å². The number of benzene rings is 1. The van der Waals surface area contributed by atoms with E-state index in [1.54, 1.807) is 20.8 Å². The number of morpholine rings is 1. The van der Waals surface area contributed by atoms with Gasteiger partial charge in [-0.3, -0.25) is 14.9 Å². The van der Waals surface area contributed by atoms with Crippen molar-refractivity contribution in [3.05, 3.63) is 24.3 Å². The van der Waals surface area contributed by atoms with Gasteiger partial charge in [-0.05, 0) is 37.1 Å². The third-order valence-electron chi connectivity index (χ3n) is 5.04. The first kappa shape index (κ1) is 26.4. The van der Waals surface area contributed by atoms with Gasteiger partial charge < -0.3 is 9.47 Å². The topological polar surface area (TPSA) is 99.6 Å². The van der Waals surface area contributed by atoms with Crippen molar-refractivity contribution in [3.8, 4) is 17.6 Å². The number of carbonyl (C=O) groups is 1. The van der Waals surface area contributed by atoms with E-state index in [9.17, 15) is 18.4 Å². The van der Waals surface area contributed by atoms with Gasteiger partial charge in [0.1, 0.15) is 18.4 Å². The van der Waals surface area contributed by atoms with E-state index < -0.39 is 27.9 Å². The smallest absolute Gasteiger partial charge is 0.280 e. The second-order valence-corrected chi connectivity index (χ2v) is 9.75.